The summed E-state index contributed by atoms with van der Waals surface area (Å²) in [6, 6.07) is 26.9. The Morgan fingerprint density at radius 3 is 2.62 bits per heavy atom. The summed E-state index contributed by atoms with van der Waals surface area (Å²) >= 11 is 13.2. The molecule has 1 fully saturated rings. The summed E-state index contributed by atoms with van der Waals surface area (Å²) in [7, 11) is 0. The number of ether oxygens (including phenoxy) is 1. The highest BCUT2D eigenvalue weighted by Crippen LogP contribution is 2.51. The van der Waals surface area contributed by atoms with E-state index >= 15 is 0 Å². The molecule has 0 bridgehead atoms. The first-order valence-corrected chi connectivity index (χ1v) is 14.3. The van der Waals surface area contributed by atoms with Gasteiger partial charge >= 0.3 is 0 Å². The first-order chi connectivity index (χ1) is 19.5. The molecule has 2 atom stereocenters. The molecule has 8 nitrogen and oxygen atoms in total. The summed E-state index contributed by atoms with van der Waals surface area (Å²) in [5, 5.41) is 9.02. The van der Waals surface area contributed by atoms with Gasteiger partial charge in [-0.3, -0.25) is 20.4 Å². The molecule has 4 aromatic rings. The average Bonchev–Trinajstić information content (AvgIpc) is 3.45. The molecule has 7 rings (SSSR count). The molecule has 4 aromatic carbocycles. The van der Waals surface area contributed by atoms with Crippen molar-refractivity contribution in [1.29, 1.82) is 0 Å². The fraction of sp³-hybridized carbons (Fsp3) is 0.138. The highest BCUT2D eigenvalue weighted by atomic mass is 35.5. The van der Waals surface area contributed by atoms with E-state index in [9.17, 15) is 9.59 Å². The van der Waals surface area contributed by atoms with Gasteiger partial charge in [0.15, 0.2) is 11.8 Å². The van der Waals surface area contributed by atoms with Crippen LogP contribution in [0.4, 0.5) is 5.69 Å². The maximum atomic E-state index is 13.2. The molecule has 0 saturated carbocycles. The number of carbonyl (C=O) groups excluding carboxylic acids is 2. The second kappa shape index (κ2) is 9.67. The van der Waals surface area contributed by atoms with Crippen LogP contribution in [-0.4, -0.2) is 39.4 Å². The number of nitrogens with one attached hydrogen (secondary N) is 3. The number of fused-ring (bicyclic) bond motifs is 5. The predicted octanol–water partition coefficient (Wildman–Crippen LogP) is 4.91. The third-order valence-electron chi connectivity index (χ3n) is 7.34. The molecule has 1 spiro atoms. The molecule has 1 saturated heterocycles. The number of hydrogen-bond donors (Lipinski definition) is 3. The van der Waals surface area contributed by atoms with E-state index in [0.29, 0.717) is 16.3 Å². The zero-order chi connectivity index (χ0) is 27.4. The fourth-order valence-electron chi connectivity index (χ4n) is 5.59. The highest BCUT2D eigenvalue weighted by Gasteiger charge is 2.58. The summed E-state index contributed by atoms with van der Waals surface area (Å²) in [6.07, 6.45) is 0. The third kappa shape index (κ3) is 3.90. The van der Waals surface area contributed by atoms with E-state index in [-0.39, 0.29) is 35.5 Å². The Hall–Kier alpha value is -3.83. The van der Waals surface area contributed by atoms with Gasteiger partial charge in [0.25, 0.3) is 11.8 Å². The van der Waals surface area contributed by atoms with Crippen molar-refractivity contribution in [3.8, 4) is 5.75 Å². The molecule has 3 aliphatic heterocycles. The Labute approximate surface area is 244 Å². The van der Waals surface area contributed by atoms with Crippen molar-refractivity contribution in [1.82, 2.24) is 20.9 Å². The number of thioether (sulfide) groups is 1. The van der Waals surface area contributed by atoms with Crippen LogP contribution in [0, 0.1) is 0 Å². The molecular weight excluding hydrogens is 566 g/mol. The maximum Gasteiger partial charge on any atom is 0.267 e. The van der Waals surface area contributed by atoms with Crippen molar-refractivity contribution in [2.45, 2.75) is 10.9 Å². The quantitative estimate of drug-likeness (QED) is 0.292. The van der Waals surface area contributed by atoms with Crippen molar-refractivity contribution >= 4 is 69.0 Å². The number of amides is 2. The molecule has 11 heteroatoms. The minimum absolute atomic E-state index is 0.136. The molecular formula is C29H22ClN5O3S2. The van der Waals surface area contributed by atoms with Gasteiger partial charge in [-0.1, -0.05) is 72.3 Å². The second-order valence-corrected chi connectivity index (χ2v) is 11.6. The minimum atomic E-state index is -1.25. The van der Waals surface area contributed by atoms with E-state index in [1.54, 1.807) is 0 Å². The van der Waals surface area contributed by atoms with Gasteiger partial charge in [-0.25, -0.2) is 5.01 Å². The normalized spacial score (nSPS) is 21.6. The summed E-state index contributed by atoms with van der Waals surface area (Å²) in [6.45, 7) is 0.178. The Balaban J connectivity index is 1.23. The van der Waals surface area contributed by atoms with Gasteiger partial charge in [0.1, 0.15) is 5.75 Å². The molecule has 0 aromatic heterocycles. The Morgan fingerprint density at radius 2 is 1.77 bits per heavy atom. The monoisotopic (exact) mass is 587 g/mol. The van der Waals surface area contributed by atoms with Crippen LogP contribution in [0.5, 0.6) is 5.75 Å². The lowest BCUT2D eigenvalue weighted by molar-refractivity contribution is -0.138. The van der Waals surface area contributed by atoms with Crippen molar-refractivity contribution in [2.24, 2.45) is 0 Å². The SMILES string of the molecule is O=C1CSC2(C(=O)Nc3ccccc32)N1NC(=S)NN1COc2ccc3ccccc3c2C1c1ccc(Cl)cc1. The second-order valence-electron chi connectivity index (χ2n) is 9.61. The van der Waals surface area contributed by atoms with E-state index in [4.69, 9.17) is 28.6 Å². The van der Waals surface area contributed by atoms with Crippen LogP contribution in [0.2, 0.25) is 5.02 Å². The van der Waals surface area contributed by atoms with Crippen LogP contribution in [0.25, 0.3) is 10.8 Å². The largest absolute Gasteiger partial charge is 0.476 e. The van der Waals surface area contributed by atoms with Gasteiger partial charge in [-0.15, -0.1) is 11.8 Å². The lowest BCUT2D eigenvalue weighted by Gasteiger charge is -2.39. The number of para-hydroxylation sites is 1. The van der Waals surface area contributed by atoms with Gasteiger partial charge in [0, 0.05) is 21.8 Å². The predicted molar refractivity (Wildman–Crippen MR) is 160 cm³/mol. The number of hydrogen-bond acceptors (Lipinski definition) is 6. The summed E-state index contributed by atoms with van der Waals surface area (Å²) in [4.78, 5) is 25.1. The lowest BCUT2D eigenvalue weighted by Crippen LogP contribution is -2.60. The fourth-order valence-corrected chi connectivity index (χ4v) is 7.18. The number of carbonyl (C=O) groups is 2. The van der Waals surface area contributed by atoms with Crippen molar-refractivity contribution in [2.75, 3.05) is 17.8 Å². The topological polar surface area (TPSA) is 85.9 Å². The number of anilines is 1. The van der Waals surface area contributed by atoms with Crippen LogP contribution in [0.1, 0.15) is 22.7 Å². The highest BCUT2D eigenvalue weighted by molar-refractivity contribution is 8.02. The van der Waals surface area contributed by atoms with E-state index in [0.717, 1.165) is 27.6 Å². The first-order valence-electron chi connectivity index (χ1n) is 12.6. The van der Waals surface area contributed by atoms with Gasteiger partial charge < -0.3 is 10.1 Å². The van der Waals surface area contributed by atoms with E-state index in [1.807, 2.05) is 77.8 Å². The van der Waals surface area contributed by atoms with Crippen LogP contribution in [0.3, 0.4) is 0 Å². The van der Waals surface area contributed by atoms with Crippen molar-refractivity contribution in [3.63, 3.8) is 0 Å². The molecule has 3 heterocycles. The smallest absolute Gasteiger partial charge is 0.267 e. The summed E-state index contributed by atoms with van der Waals surface area (Å²) in [5.41, 5.74) is 9.62. The van der Waals surface area contributed by atoms with Crippen LogP contribution >= 0.6 is 35.6 Å². The van der Waals surface area contributed by atoms with Crippen molar-refractivity contribution in [3.05, 3.63) is 107 Å². The molecule has 0 radical (unpaired) electrons. The summed E-state index contributed by atoms with van der Waals surface area (Å²) < 4.78 is 6.17. The van der Waals surface area contributed by atoms with Crippen LogP contribution in [0.15, 0.2) is 84.9 Å². The number of halogens is 1. The molecule has 2 unspecified atom stereocenters. The maximum absolute atomic E-state index is 13.2. The Morgan fingerprint density at radius 1 is 1.00 bits per heavy atom. The number of hydrazine groups is 2. The standard InChI is InChI=1S/C29H22ClN5O3S2/c30-19-12-9-18(10-13-19)26-25-20-6-2-1-5-17(20)11-14-23(25)38-16-34(26)32-28(39)33-35-24(36)15-40-29(35)21-7-3-4-8-22(21)31-27(29)37/h1-14,26H,15-16H2,(H,31,37)(H2,32,33,39). The Kier molecular flexibility index (Phi) is 6.08. The molecule has 0 aliphatic carbocycles. The van der Waals surface area contributed by atoms with E-state index in [2.05, 4.69) is 28.3 Å². The number of benzene rings is 4. The lowest BCUT2D eigenvalue weighted by atomic mass is 9.91. The average molecular weight is 588 g/mol. The van der Waals surface area contributed by atoms with Gasteiger partial charge in [-0.05, 0) is 52.8 Å². The minimum Gasteiger partial charge on any atom is -0.476 e. The first kappa shape index (κ1) is 25.2. The molecule has 2 amide bonds. The van der Waals surface area contributed by atoms with Crippen LogP contribution in [-0.2, 0) is 14.5 Å². The van der Waals surface area contributed by atoms with Gasteiger partial charge in [0.2, 0.25) is 4.87 Å². The molecule has 3 N–H and O–H groups in total. The van der Waals surface area contributed by atoms with Gasteiger partial charge in [0.05, 0.1) is 11.8 Å². The molecule has 200 valence electrons. The van der Waals surface area contributed by atoms with Crippen molar-refractivity contribution < 1.29 is 14.3 Å². The molecule has 40 heavy (non-hydrogen) atoms. The third-order valence-corrected chi connectivity index (χ3v) is 9.17. The zero-order valence-electron chi connectivity index (χ0n) is 20.9. The van der Waals surface area contributed by atoms with E-state index < -0.39 is 4.87 Å². The number of nitrogens with zero attached hydrogens (tertiary/aromatic N) is 2. The van der Waals surface area contributed by atoms with Crippen LogP contribution < -0.4 is 20.9 Å². The zero-order valence-corrected chi connectivity index (χ0v) is 23.3. The summed E-state index contributed by atoms with van der Waals surface area (Å²) in [5.74, 6) is 0.374. The van der Waals surface area contributed by atoms with Gasteiger partial charge in [-0.2, -0.15) is 5.01 Å². The Bertz CT molecular complexity index is 1700. The number of thiocarbonyl (C=S) groups is 1. The number of rotatable bonds is 3. The molecule has 3 aliphatic rings. The van der Waals surface area contributed by atoms with E-state index in [1.165, 1.54) is 16.8 Å².